The fourth-order valence-electron chi connectivity index (χ4n) is 2.51. The lowest BCUT2D eigenvalue weighted by Crippen LogP contribution is -2.30. The van der Waals surface area contributed by atoms with E-state index in [1.165, 1.54) is 6.07 Å². The van der Waals surface area contributed by atoms with E-state index in [2.05, 4.69) is 15.3 Å². The average molecular weight is 359 g/mol. The SMILES string of the molecule is Cc1ccc(OCC(=O)NCCc2nc3c(F)c(F)ccc3[nH]2)cc1C. The van der Waals surface area contributed by atoms with Crippen LogP contribution in [0.1, 0.15) is 17.0 Å². The Balaban J connectivity index is 1.49. The first kappa shape index (κ1) is 17.8. The molecule has 0 radical (unpaired) electrons. The van der Waals surface area contributed by atoms with Gasteiger partial charge in [0.2, 0.25) is 0 Å². The number of rotatable bonds is 6. The maximum atomic E-state index is 13.6. The largest absolute Gasteiger partial charge is 0.484 e. The maximum Gasteiger partial charge on any atom is 0.257 e. The molecule has 136 valence electrons. The zero-order chi connectivity index (χ0) is 18.7. The van der Waals surface area contributed by atoms with Gasteiger partial charge in [-0.2, -0.15) is 0 Å². The van der Waals surface area contributed by atoms with Gasteiger partial charge in [-0.1, -0.05) is 6.07 Å². The number of aromatic amines is 1. The summed E-state index contributed by atoms with van der Waals surface area (Å²) in [5.41, 5.74) is 2.63. The van der Waals surface area contributed by atoms with Crippen molar-refractivity contribution >= 4 is 16.9 Å². The zero-order valence-electron chi connectivity index (χ0n) is 14.5. The number of nitrogens with zero attached hydrogens (tertiary/aromatic N) is 1. The van der Waals surface area contributed by atoms with Crippen LogP contribution >= 0.6 is 0 Å². The Morgan fingerprint density at radius 2 is 2.00 bits per heavy atom. The zero-order valence-corrected chi connectivity index (χ0v) is 14.5. The van der Waals surface area contributed by atoms with Crippen LogP contribution in [0.5, 0.6) is 5.75 Å². The molecule has 0 spiro atoms. The topological polar surface area (TPSA) is 67.0 Å². The summed E-state index contributed by atoms with van der Waals surface area (Å²) in [6.45, 7) is 4.19. The third-order valence-corrected chi connectivity index (χ3v) is 4.13. The van der Waals surface area contributed by atoms with Gasteiger partial charge in [0.05, 0.1) is 5.52 Å². The molecular weight excluding hydrogens is 340 g/mol. The van der Waals surface area contributed by atoms with E-state index in [-0.39, 0.29) is 18.0 Å². The summed E-state index contributed by atoms with van der Waals surface area (Å²) in [6, 6.07) is 8.11. The highest BCUT2D eigenvalue weighted by molar-refractivity contribution is 5.77. The Morgan fingerprint density at radius 3 is 2.77 bits per heavy atom. The number of nitrogens with one attached hydrogen (secondary N) is 2. The van der Waals surface area contributed by atoms with Gasteiger partial charge in [0.25, 0.3) is 5.91 Å². The molecule has 2 N–H and O–H groups in total. The Hall–Kier alpha value is -2.96. The van der Waals surface area contributed by atoms with Crippen molar-refractivity contribution in [3.05, 3.63) is 58.9 Å². The molecule has 0 fully saturated rings. The second-order valence-corrected chi connectivity index (χ2v) is 6.08. The highest BCUT2D eigenvalue weighted by atomic mass is 19.2. The summed E-state index contributed by atoms with van der Waals surface area (Å²) in [7, 11) is 0. The van der Waals surface area contributed by atoms with Gasteiger partial charge in [-0.25, -0.2) is 13.8 Å². The van der Waals surface area contributed by atoms with Crippen LogP contribution < -0.4 is 10.1 Å². The number of aryl methyl sites for hydroxylation is 2. The summed E-state index contributed by atoms with van der Waals surface area (Å²) in [4.78, 5) is 18.8. The Kier molecular flexibility index (Phi) is 5.16. The fraction of sp³-hybridized carbons (Fsp3) is 0.263. The predicted octanol–water partition coefficient (Wildman–Crippen LogP) is 3.20. The predicted molar refractivity (Wildman–Crippen MR) is 94.1 cm³/mol. The van der Waals surface area contributed by atoms with Gasteiger partial charge in [0.1, 0.15) is 17.1 Å². The molecule has 0 aliphatic carbocycles. The average Bonchev–Trinajstić information content (AvgIpc) is 3.03. The van der Waals surface area contributed by atoms with Gasteiger partial charge in [-0.15, -0.1) is 0 Å². The minimum atomic E-state index is -0.976. The number of benzene rings is 2. The van der Waals surface area contributed by atoms with Crippen LogP contribution in [-0.2, 0) is 11.2 Å². The fourth-order valence-corrected chi connectivity index (χ4v) is 2.51. The third-order valence-electron chi connectivity index (χ3n) is 4.13. The van der Waals surface area contributed by atoms with Crippen LogP contribution in [0, 0.1) is 25.5 Å². The van der Waals surface area contributed by atoms with Crippen LogP contribution in [0.4, 0.5) is 8.78 Å². The first-order valence-electron chi connectivity index (χ1n) is 8.23. The van der Waals surface area contributed by atoms with Gasteiger partial charge in [0.15, 0.2) is 18.2 Å². The summed E-state index contributed by atoms with van der Waals surface area (Å²) in [5.74, 6) is -1.07. The molecule has 0 aliphatic rings. The lowest BCUT2D eigenvalue weighted by molar-refractivity contribution is -0.123. The summed E-state index contributed by atoms with van der Waals surface area (Å²) in [6.07, 6.45) is 0.366. The molecule has 2 aromatic carbocycles. The van der Waals surface area contributed by atoms with Crippen LogP contribution in [0.3, 0.4) is 0 Å². The van der Waals surface area contributed by atoms with E-state index in [9.17, 15) is 13.6 Å². The number of hydrogen-bond donors (Lipinski definition) is 2. The number of fused-ring (bicyclic) bond motifs is 1. The Bertz CT molecular complexity index is 953. The second kappa shape index (κ2) is 7.51. The molecule has 7 heteroatoms. The number of hydrogen-bond acceptors (Lipinski definition) is 3. The van der Waals surface area contributed by atoms with E-state index in [4.69, 9.17) is 4.74 Å². The van der Waals surface area contributed by atoms with Crippen molar-refractivity contribution in [3.8, 4) is 5.75 Å². The molecular formula is C19H19F2N3O2. The van der Waals surface area contributed by atoms with Crippen molar-refractivity contribution in [2.45, 2.75) is 20.3 Å². The molecule has 1 aromatic heterocycles. The van der Waals surface area contributed by atoms with Crippen molar-refractivity contribution in [2.24, 2.45) is 0 Å². The smallest absolute Gasteiger partial charge is 0.257 e. The summed E-state index contributed by atoms with van der Waals surface area (Å²) in [5, 5.41) is 2.71. The monoisotopic (exact) mass is 359 g/mol. The van der Waals surface area contributed by atoms with E-state index in [0.717, 1.165) is 17.2 Å². The standard InChI is InChI=1S/C19H19F2N3O2/c1-11-3-4-13(9-12(11)2)26-10-17(25)22-8-7-16-23-15-6-5-14(20)18(21)19(15)24-16/h3-6,9H,7-8,10H2,1-2H3,(H,22,25)(H,23,24). The minimum Gasteiger partial charge on any atom is -0.484 e. The van der Waals surface area contributed by atoms with Crippen molar-refractivity contribution in [3.63, 3.8) is 0 Å². The van der Waals surface area contributed by atoms with Gasteiger partial charge in [-0.05, 0) is 49.2 Å². The van der Waals surface area contributed by atoms with Crippen LogP contribution in [0.15, 0.2) is 30.3 Å². The molecule has 0 atom stereocenters. The lowest BCUT2D eigenvalue weighted by Gasteiger charge is -2.08. The summed E-state index contributed by atoms with van der Waals surface area (Å²) < 4.78 is 32.3. The quantitative estimate of drug-likeness (QED) is 0.710. The van der Waals surface area contributed by atoms with Crippen molar-refractivity contribution in [2.75, 3.05) is 13.2 Å². The van der Waals surface area contributed by atoms with E-state index in [1.54, 1.807) is 0 Å². The number of carbonyl (C=O) groups is 1. The molecule has 0 saturated carbocycles. The number of amides is 1. The molecule has 3 aromatic rings. The summed E-state index contributed by atoms with van der Waals surface area (Å²) >= 11 is 0. The molecule has 0 saturated heterocycles. The molecule has 1 amide bonds. The van der Waals surface area contributed by atoms with Gasteiger partial charge < -0.3 is 15.0 Å². The molecule has 26 heavy (non-hydrogen) atoms. The molecule has 5 nitrogen and oxygen atoms in total. The van der Waals surface area contributed by atoms with E-state index in [1.807, 2.05) is 32.0 Å². The van der Waals surface area contributed by atoms with Crippen LogP contribution in [-0.4, -0.2) is 29.0 Å². The van der Waals surface area contributed by atoms with Crippen LogP contribution in [0.25, 0.3) is 11.0 Å². The normalized spacial score (nSPS) is 10.9. The first-order chi connectivity index (χ1) is 12.4. The number of ether oxygens (including phenoxy) is 1. The lowest BCUT2D eigenvalue weighted by atomic mass is 10.1. The second-order valence-electron chi connectivity index (χ2n) is 6.08. The van der Waals surface area contributed by atoms with Crippen molar-refractivity contribution in [1.29, 1.82) is 0 Å². The molecule has 0 bridgehead atoms. The highest BCUT2D eigenvalue weighted by Crippen LogP contribution is 2.18. The molecule has 0 unspecified atom stereocenters. The Labute approximate surface area is 149 Å². The third kappa shape index (κ3) is 3.99. The Morgan fingerprint density at radius 1 is 1.19 bits per heavy atom. The number of H-pyrrole nitrogens is 1. The van der Waals surface area contributed by atoms with Crippen molar-refractivity contribution < 1.29 is 18.3 Å². The molecule has 3 rings (SSSR count). The first-order valence-corrected chi connectivity index (χ1v) is 8.23. The van der Waals surface area contributed by atoms with Gasteiger partial charge in [-0.3, -0.25) is 4.79 Å². The number of aromatic nitrogens is 2. The van der Waals surface area contributed by atoms with E-state index in [0.29, 0.717) is 30.1 Å². The number of imidazole rings is 1. The van der Waals surface area contributed by atoms with Crippen molar-refractivity contribution in [1.82, 2.24) is 15.3 Å². The number of halogens is 2. The van der Waals surface area contributed by atoms with E-state index < -0.39 is 11.6 Å². The van der Waals surface area contributed by atoms with Gasteiger partial charge >= 0.3 is 0 Å². The number of carbonyl (C=O) groups excluding carboxylic acids is 1. The molecule has 0 aliphatic heterocycles. The van der Waals surface area contributed by atoms with Crippen LogP contribution in [0.2, 0.25) is 0 Å². The van der Waals surface area contributed by atoms with Gasteiger partial charge in [0, 0.05) is 13.0 Å². The molecule has 1 heterocycles. The van der Waals surface area contributed by atoms with E-state index >= 15 is 0 Å². The maximum absolute atomic E-state index is 13.6. The minimum absolute atomic E-state index is 0.0376. The highest BCUT2D eigenvalue weighted by Gasteiger charge is 2.12.